The highest BCUT2D eigenvalue weighted by Gasteiger charge is 2.11. The lowest BCUT2D eigenvalue weighted by atomic mass is 10.0. The third-order valence-corrected chi connectivity index (χ3v) is 3.15. The number of aliphatic hydroxyl groups is 2. The largest absolute Gasteiger partial charge is 0.458 e. The topological polar surface area (TPSA) is 53.6 Å². The van der Waals surface area contributed by atoms with Crippen molar-refractivity contribution in [2.45, 2.75) is 13.2 Å². The minimum absolute atomic E-state index is 0.0184. The van der Waals surface area contributed by atoms with Gasteiger partial charge >= 0.3 is 0 Å². The van der Waals surface area contributed by atoms with E-state index in [1.807, 2.05) is 42.5 Å². The van der Waals surface area contributed by atoms with E-state index in [9.17, 15) is 10.2 Å². The first-order valence-electron chi connectivity index (χ1n) is 6.14. The number of aliphatic hydroxyl groups excluding tert-OH is 2. The summed E-state index contributed by atoms with van der Waals surface area (Å²) in [5, 5.41) is 19.4. The van der Waals surface area contributed by atoms with Crippen molar-refractivity contribution in [3.05, 3.63) is 59.9 Å². The summed E-state index contributed by atoms with van der Waals surface area (Å²) in [4.78, 5) is 0. The molecule has 3 nitrogen and oxygen atoms in total. The van der Waals surface area contributed by atoms with Gasteiger partial charge in [-0.2, -0.15) is 0 Å². The van der Waals surface area contributed by atoms with Crippen molar-refractivity contribution in [1.82, 2.24) is 0 Å². The Balaban J connectivity index is 2.29. The fraction of sp³-hybridized carbons (Fsp3) is 0.125. The van der Waals surface area contributed by atoms with Gasteiger partial charge in [-0.3, -0.25) is 0 Å². The molecule has 0 amide bonds. The summed E-state index contributed by atoms with van der Waals surface area (Å²) in [7, 11) is 0. The number of rotatable bonds is 3. The van der Waals surface area contributed by atoms with Crippen LogP contribution in [0.25, 0.3) is 22.1 Å². The van der Waals surface area contributed by atoms with Crippen LogP contribution < -0.4 is 0 Å². The maximum Gasteiger partial charge on any atom is 0.142 e. The van der Waals surface area contributed by atoms with Gasteiger partial charge in [0.25, 0.3) is 0 Å². The van der Waals surface area contributed by atoms with Gasteiger partial charge in [-0.25, -0.2) is 0 Å². The number of fused-ring (bicyclic) bond motifs is 1. The van der Waals surface area contributed by atoms with Crippen LogP contribution >= 0.6 is 0 Å². The van der Waals surface area contributed by atoms with Gasteiger partial charge in [0.2, 0.25) is 0 Å². The van der Waals surface area contributed by atoms with Gasteiger partial charge in [0.05, 0.1) is 6.61 Å². The molecule has 1 heterocycles. The lowest BCUT2D eigenvalue weighted by Crippen LogP contribution is -1.86. The number of benzene rings is 2. The Morgan fingerprint density at radius 2 is 1.68 bits per heavy atom. The molecule has 19 heavy (non-hydrogen) atoms. The maximum absolute atomic E-state index is 9.35. The van der Waals surface area contributed by atoms with Crippen LogP contribution in [-0.2, 0) is 13.2 Å². The standard InChI is InChI=1S/C16H14O3/c17-9-11-6-13-8-14(10-18)19-16(13)15(7-11)12-4-2-1-3-5-12/h1-8,17-18H,9-10H2. The molecule has 0 unspecified atom stereocenters. The first-order chi connectivity index (χ1) is 9.31. The summed E-state index contributed by atoms with van der Waals surface area (Å²) >= 11 is 0. The summed E-state index contributed by atoms with van der Waals surface area (Å²) in [6.45, 7) is -0.146. The minimum Gasteiger partial charge on any atom is -0.458 e. The first-order valence-corrected chi connectivity index (χ1v) is 6.14. The monoisotopic (exact) mass is 254 g/mol. The molecule has 0 fully saturated rings. The molecular weight excluding hydrogens is 240 g/mol. The first kappa shape index (κ1) is 12.0. The summed E-state index contributed by atoms with van der Waals surface area (Å²) in [5.74, 6) is 0.530. The van der Waals surface area contributed by atoms with Crippen LogP contribution in [0.4, 0.5) is 0 Å². The molecule has 0 aliphatic rings. The summed E-state index contributed by atoms with van der Waals surface area (Å²) < 4.78 is 5.67. The highest BCUT2D eigenvalue weighted by molar-refractivity contribution is 5.93. The molecule has 3 heteroatoms. The second-order valence-corrected chi connectivity index (χ2v) is 4.46. The molecule has 0 aliphatic carbocycles. The van der Waals surface area contributed by atoms with E-state index in [2.05, 4.69) is 0 Å². The van der Waals surface area contributed by atoms with Crippen molar-refractivity contribution in [2.75, 3.05) is 0 Å². The quantitative estimate of drug-likeness (QED) is 0.755. The Morgan fingerprint density at radius 3 is 2.37 bits per heavy atom. The predicted octanol–water partition coefficient (Wildman–Crippen LogP) is 3.08. The lowest BCUT2D eigenvalue weighted by molar-refractivity contribution is 0.251. The smallest absolute Gasteiger partial charge is 0.142 e. The molecule has 3 aromatic rings. The number of furan rings is 1. The van der Waals surface area contributed by atoms with Crippen LogP contribution in [0, 0.1) is 0 Å². The molecule has 0 aliphatic heterocycles. The zero-order valence-corrected chi connectivity index (χ0v) is 10.3. The lowest BCUT2D eigenvalue weighted by Gasteiger charge is -2.05. The molecule has 0 bridgehead atoms. The molecule has 0 saturated heterocycles. The van der Waals surface area contributed by atoms with Gasteiger partial charge in [-0.15, -0.1) is 0 Å². The SMILES string of the molecule is OCc1cc(-c2ccccc2)c2oc(CO)cc2c1. The van der Waals surface area contributed by atoms with E-state index in [0.29, 0.717) is 5.76 Å². The van der Waals surface area contributed by atoms with Crippen molar-refractivity contribution in [3.63, 3.8) is 0 Å². The molecule has 0 spiro atoms. The molecule has 0 saturated carbocycles. The molecule has 1 aromatic heterocycles. The van der Waals surface area contributed by atoms with E-state index in [0.717, 1.165) is 27.7 Å². The van der Waals surface area contributed by atoms with Gasteiger partial charge in [-0.1, -0.05) is 30.3 Å². The van der Waals surface area contributed by atoms with Crippen molar-refractivity contribution >= 4 is 11.0 Å². The van der Waals surface area contributed by atoms with Crippen LogP contribution in [0.3, 0.4) is 0 Å². The third-order valence-electron chi connectivity index (χ3n) is 3.15. The maximum atomic E-state index is 9.35. The van der Waals surface area contributed by atoms with Gasteiger partial charge in [0.1, 0.15) is 18.0 Å². The van der Waals surface area contributed by atoms with E-state index in [1.54, 1.807) is 6.07 Å². The zero-order chi connectivity index (χ0) is 13.2. The van der Waals surface area contributed by atoms with Crippen molar-refractivity contribution in [2.24, 2.45) is 0 Å². The Bertz CT molecular complexity index is 699. The summed E-state index contributed by atoms with van der Waals surface area (Å²) in [6.07, 6.45) is 0. The third kappa shape index (κ3) is 2.14. The molecular formula is C16H14O3. The van der Waals surface area contributed by atoms with E-state index in [1.165, 1.54) is 0 Å². The Kier molecular flexibility index (Phi) is 3.07. The van der Waals surface area contributed by atoms with Crippen molar-refractivity contribution in [1.29, 1.82) is 0 Å². The van der Waals surface area contributed by atoms with E-state index < -0.39 is 0 Å². The van der Waals surface area contributed by atoms with Gasteiger partial charge in [0, 0.05) is 10.9 Å². The highest BCUT2D eigenvalue weighted by Crippen LogP contribution is 2.32. The second kappa shape index (κ2) is 4.88. The van der Waals surface area contributed by atoms with Crippen LogP contribution in [0.5, 0.6) is 0 Å². The van der Waals surface area contributed by atoms with Gasteiger partial charge in [-0.05, 0) is 29.3 Å². The highest BCUT2D eigenvalue weighted by atomic mass is 16.4. The van der Waals surface area contributed by atoms with Crippen LogP contribution in [0.1, 0.15) is 11.3 Å². The van der Waals surface area contributed by atoms with Crippen LogP contribution in [0.2, 0.25) is 0 Å². The van der Waals surface area contributed by atoms with Gasteiger partial charge in [0.15, 0.2) is 0 Å². The van der Waals surface area contributed by atoms with Crippen LogP contribution in [0.15, 0.2) is 52.9 Å². The van der Waals surface area contributed by atoms with E-state index >= 15 is 0 Å². The minimum atomic E-state index is -0.128. The predicted molar refractivity (Wildman–Crippen MR) is 73.5 cm³/mol. The average molecular weight is 254 g/mol. The molecule has 2 aromatic carbocycles. The van der Waals surface area contributed by atoms with Crippen molar-refractivity contribution < 1.29 is 14.6 Å². The molecule has 0 radical (unpaired) electrons. The molecule has 2 N–H and O–H groups in total. The Hall–Kier alpha value is -2.10. The Morgan fingerprint density at radius 1 is 0.895 bits per heavy atom. The molecule has 0 atom stereocenters. The molecule has 3 rings (SSSR count). The van der Waals surface area contributed by atoms with Crippen LogP contribution in [-0.4, -0.2) is 10.2 Å². The summed E-state index contributed by atoms with van der Waals surface area (Å²) in [6, 6.07) is 15.5. The zero-order valence-electron chi connectivity index (χ0n) is 10.3. The van der Waals surface area contributed by atoms with Crippen molar-refractivity contribution in [3.8, 4) is 11.1 Å². The number of hydrogen-bond donors (Lipinski definition) is 2. The fourth-order valence-electron chi connectivity index (χ4n) is 2.27. The fourth-order valence-corrected chi connectivity index (χ4v) is 2.27. The Labute approximate surface area is 110 Å². The van der Waals surface area contributed by atoms with Gasteiger partial charge < -0.3 is 14.6 Å². The normalized spacial score (nSPS) is 11.1. The summed E-state index contributed by atoms with van der Waals surface area (Å²) in [5.41, 5.74) is 3.53. The van der Waals surface area contributed by atoms with E-state index in [-0.39, 0.29) is 13.2 Å². The molecule has 96 valence electrons. The van der Waals surface area contributed by atoms with E-state index in [4.69, 9.17) is 4.42 Å². The average Bonchev–Trinajstić information content (AvgIpc) is 2.90. The number of hydrogen-bond acceptors (Lipinski definition) is 3. The second-order valence-electron chi connectivity index (χ2n) is 4.46.